The second-order valence-electron chi connectivity index (χ2n) is 13.3. The van der Waals surface area contributed by atoms with E-state index in [0.29, 0.717) is 24.7 Å². The molecule has 0 spiro atoms. The van der Waals surface area contributed by atoms with Gasteiger partial charge >= 0.3 is 0 Å². The van der Waals surface area contributed by atoms with Gasteiger partial charge in [0, 0.05) is 90.1 Å². The van der Waals surface area contributed by atoms with Crippen LogP contribution >= 0.6 is 0 Å². The number of hydrogen-bond donors (Lipinski definition) is 1. The van der Waals surface area contributed by atoms with Crippen molar-refractivity contribution < 1.29 is 0 Å². The van der Waals surface area contributed by atoms with E-state index in [4.69, 9.17) is 5.73 Å². The molecule has 0 aliphatic carbocycles. The summed E-state index contributed by atoms with van der Waals surface area (Å²) in [6.07, 6.45) is 3.29. The summed E-state index contributed by atoms with van der Waals surface area (Å²) in [5, 5.41) is 0. The predicted molar refractivity (Wildman–Crippen MR) is 191 cm³/mol. The van der Waals surface area contributed by atoms with Crippen molar-refractivity contribution in [2.75, 3.05) is 65.4 Å². The van der Waals surface area contributed by atoms with E-state index in [2.05, 4.69) is 101 Å². The summed E-state index contributed by atoms with van der Waals surface area (Å²) in [5.74, 6) is 0. The standard InChI is InChI=1S/C29H53N5.C7H17N.CH4/c1-8-24-27(19-30)25(9-2)29(21-32-13-17-34(18-14-32)23(6)7)26(10-3)28(24)20-31-11-15-33(16-12-31)22(4)5;1-5-8(6-2)7(3)4;/h22-23H,8-21,30H2,1-7H3;7H,5-6H2,1-4H3;1H4. The zero-order valence-corrected chi connectivity index (χ0v) is 29.9. The zero-order chi connectivity index (χ0) is 31.4. The molecule has 2 saturated heterocycles. The monoisotopic (exact) mass is 603 g/mol. The van der Waals surface area contributed by atoms with Gasteiger partial charge in [-0.3, -0.25) is 19.6 Å². The summed E-state index contributed by atoms with van der Waals surface area (Å²) in [4.78, 5) is 13.0. The van der Waals surface area contributed by atoms with E-state index in [1.165, 1.54) is 71.0 Å². The van der Waals surface area contributed by atoms with Crippen molar-refractivity contribution in [3.8, 4) is 0 Å². The molecule has 0 aromatic heterocycles. The fourth-order valence-corrected chi connectivity index (χ4v) is 7.28. The number of hydrogen-bond acceptors (Lipinski definition) is 6. The van der Waals surface area contributed by atoms with Gasteiger partial charge < -0.3 is 10.6 Å². The van der Waals surface area contributed by atoms with Gasteiger partial charge in [-0.2, -0.15) is 0 Å². The lowest BCUT2D eigenvalue weighted by Crippen LogP contribution is -2.49. The Morgan fingerprint density at radius 1 is 0.535 bits per heavy atom. The fraction of sp³-hybridized carbons (Fsp3) is 0.838. The topological polar surface area (TPSA) is 42.2 Å². The molecule has 2 aliphatic heterocycles. The summed E-state index contributed by atoms with van der Waals surface area (Å²) in [7, 11) is 0. The van der Waals surface area contributed by atoms with Gasteiger partial charge in [-0.05, 0) is 107 Å². The normalized spacial score (nSPS) is 17.6. The van der Waals surface area contributed by atoms with E-state index in [1.807, 2.05) is 0 Å². The minimum absolute atomic E-state index is 0. The number of benzene rings is 1. The van der Waals surface area contributed by atoms with Crippen molar-refractivity contribution in [3.05, 3.63) is 33.4 Å². The molecule has 0 unspecified atom stereocenters. The van der Waals surface area contributed by atoms with Crippen LogP contribution in [0.5, 0.6) is 0 Å². The molecule has 0 atom stereocenters. The third-order valence-electron chi connectivity index (χ3n) is 10.0. The minimum Gasteiger partial charge on any atom is -0.326 e. The van der Waals surface area contributed by atoms with Crippen LogP contribution in [0.25, 0.3) is 0 Å². The predicted octanol–water partition coefficient (Wildman–Crippen LogP) is 6.26. The highest BCUT2D eigenvalue weighted by Crippen LogP contribution is 2.33. The lowest BCUT2D eigenvalue weighted by atomic mass is 9.82. The number of nitrogens with zero attached hydrogens (tertiary/aromatic N) is 5. The van der Waals surface area contributed by atoms with E-state index in [9.17, 15) is 0 Å². The molecule has 6 nitrogen and oxygen atoms in total. The lowest BCUT2D eigenvalue weighted by molar-refractivity contribution is 0.102. The SMILES string of the molecule is C.CCN(CC)C(C)C.CCc1c(CN)c(CC)c(CN2CCN(C(C)C)CC2)c(CC)c1CN1CCN(C(C)C)CC1. The van der Waals surface area contributed by atoms with Gasteiger partial charge in [0.15, 0.2) is 0 Å². The third-order valence-corrected chi connectivity index (χ3v) is 10.0. The quantitative estimate of drug-likeness (QED) is 0.288. The Balaban J connectivity index is 0.000000903. The van der Waals surface area contributed by atoms with Gasteiger partial charge in [-0.15, -0.1) is 0 Å². The van der Waals surface area contributed by atoms with Crippen molar-refractivity contribution in [2.24, 2.45) is 5.73 Å². The molecule has 2 heterocycles. The highest BCUT2D eigenvalue weighted by molar-refractivity contribution is 5.52. The van der Waals surface area contributed by atoms with Gasteiger partial charge in [-0.25, -0.2) is 0 Å². The van der Waals surface area contributed by atoms with Crippen LogP contribution < -0.4 is 5.73 Å². The smallest absolute Gasteiger partial charge is 0.0240 e. The van der Waals surface area contributed by atoms with Gasteiger partial charge in [0.1, 0.15) is 0 Å². The number of piperazine rings is 2. The Hall–Kier alpha value is -1.02. The molecule has 0 saturated carbocycles. The molecular formula is C37H74N6. The molecule has 0 radical (unpaired) electrons. The Morgan fingerprint density at radius 3 is 1.07 bits per heavy atom. The van der Waals surface area contributed by atoms with E-state index in [1.54, 1.807) is 27.8 Å². The van der Waals surface area contributed by atoms with Crippen LogP contribution in [0.4, 0.5) is 0 Å². The van der Waals surface area contributed by atoms with Crippen LogP contribution in [-0.4, -0.2) is 108 Å². The summed E-state index contributed by atoms with van der Waals surface area (Å²) in [6.45, 7) is 39.8. The summed E-state index contributed by atoms with van der Waals surface area (Å²) >= 11 is 0. The molecule has 2 N–H and O–H groups in total. The largest absolute Gasteiger partial charge is 0.326 e. The fourth-order valence-electron chi connectivity index (χ4n) is 7.28. The molecule has 1 aromatic rings. The van der Waals surface area contributed by atoms with Crippen molar-refractivity contribution in [3.63, 3.8) is 0 Å². The van der Waals surface area contributed by atoms with E-state index < -0.39 is 0 Å². The van der Waals surface area contributed by atoms with E-state index >= 15 is 0 Å². The van der Waals surface area contributed by atoms with Crippen LogP contribution in [0.2, 0.25) is 0 Å². The first-order valence-corrected chi connectivity index (χ1v) is 17.6. The Morgan fingerprint density at radius 2 is 0.860 bits per heavy atom. The first-order valence-electron chi connectivity index (χ1n) is 17.6. The second kappa shape index (κ2) is 20.2. The van der Waals surface area contributed by atoms with Gasteiger partial charge in [0.05, 0.1) is 0 Å². The van der Waals surface area contributed by atoms with Gasteiger partial charge in [0.2, 0.25) is 0 Å². The van der Waals surface area contributed by atoms with Crippen LogP contribution in [0.3, 0.4) is 0 Å². The second-order valence-corrected chi connectivity index (χ2v) is 13.3. The molecule has 1 aromatic carbocycles. The third kappa shape index (κ3) is 11.1. The van der Waals surface area contributed by atoms with Gasteiger partial charge in [-0.1, -0.05) is 42.0 Å². The van der Waals surface area contributed by atoms with Crippen molar-refractivity contribution in [2.45, 2.75) is 141 Å². The first kappa shape index (κ1) is 40.0. The highest BCUT2D eigenvalue weighted by Gasteiger charge is 2.26. The Kier molecular flexibility index (Phi) is 18.8. The molecule has 252 valence electrons. The Labute approximate surface area is 269 Å². The van der Waals surface area contributed by atoms with Crippen molar-refractivity contribution >= 4 is 0 Å². The maximum atomic E-state index is 6.46. The summed E-state index contributed by atoms with van der Waals surface area (Å²) < 4.78 is 0. The number of nitrogens with two attached hydrogens (primary N) is 1. The van der Waals surface area contributed by atoms with E-state index in [-0.39, 0.29) is 7.43 Å². The molecule has 2 aliphatic rings. The lowest BCUT2D eigenvalue weighted by Gasteiger charge is -2.39. The molecule has 0 amide bonds. The molecule has 43 heavy (non-hydrogen) atoms. The van der Waals surface area contributed by atoms with Crippen LogP contribution in [0.15, 0.2) is 0 Å². The minimum atomic E-state index is 0. The maximum Gasteiger partial charge on any atom is 0.0240 e. The Bertz CT molecular complexity index is 832. The molecular weight excluding hydrogens is 528 g/mol. The molecule has 3 rings (SSSR count). The molecule has 6 heteroatoms. The molecule has 2 fully saturated rings. The summed E-state index contributed by atoms with van der Waals surface area (Å²) in [6, 6.07) is 2.01. The van der Waals surface area contributed by atoms with Crippen molar-refractivity contribution in [1.29, 1.82) is 0 Å². The first-order chi connectivity index (χ1) is 20.1. The van der Waals surface area contributed by atoms with Crippen LogP contribution in [0.1, 0.15) is 117 Å². The maximum absolute atomic E-state index is 6.46. The highest BCUT2D eigenvalue weighted by atomic mass is 15.3. The molecule has 0 bridgehead atoms. The van der Waals surface area contributed by atoms with Gasteiger partial charge in [0.25, 0.3) is 0 Å². The van der Waals surface area contributed by atoms with Crippen LogP contribution in [0, 0.1) is 0 Å². The average Bonchev–Trinajstić information content (AvgIpc) is 2.98. The number of rotatable bonds is 13. The summed E-state index contributed by atoms with van der Waals surface area (Å²) in [5.41, 5.74) is 15.9. The van der Waals surface area contributed by atoms with Crippen LogP contribution in [-0.2, 0) is 38.9 Å². The van der Waals surface area contributed by atoms with E-state index in [0.717, 1.165) is 32.4 Å². The van der Waals surface area contributed by atoms with Crippen molar-refractivity contribution in [1.82, 2.24) is 24.5 Å². The zero-order valence-electron chi connectivity index (χ0n) is 29.9. The average molecular weight is 603 g/mol.